The topological polar surface area (TPSA) is 56.8 Å². The predicted molar refractivity (Wildman–Crippen MR) is 84.9 cm³/mol. The van der Waals surface area contributed by atoms with Crippen LogP contribution in [0.25, 0.3) is 0 Å². The summed E-state index contributed by atoms with van der Waals surface area (Å²) in [5.74, 6) is 1.82. The Bertz CT molecular complexity index is 655. The summed E-state index contributed by atoms with van der Waals surface area (Å²) in [6.45, 7) is 0. The Morgan fingerprint density at radius 2 is 1.68 bits per heavy atom. The molecule has 116 valence electrons. The highest BCUT2D eigenvalue weighted by Gasteiger charge is 2.10. The van der Waals surface area contributed by atoms with Crippen LogP contribution >= 0.6 is 0 Å². The maximum absolute atomic E-state index is 12.2. The minimum Gasteiger partial charge on any atom is -0.497 e. The highest BCUT2D eigenvalue weighted by atomic mass is 16.5. The molecule has 2 aromatic carbocycles. The average molecular weight is 301 g/mol. The average Bonchev–Trinajstić information content (AvgIpc) is 2.54. The Kier molecular flexibility index (Phi) is 5.25. The van der Waals surface area contributed by atoms with E-state index in [4.69, 9.17) is 14.2 Å². The molecule has 0 aliphatic carbocycles. The van der Waals surface area contributed by atoms with E-state index in [1.54, 1.807) is 39.5 Å². The molecule has 0 bridgehead atoms. The van der Waals surface area contributed by atoms with Crippen LogP contribution in [0.2, 0.25) is 0 Å². The molecule has 0 unspecified atom stereocenters. The van der Waals surface area contributed by atoms with Gasteiger partial charge in [-0.2, -0.15) is 0 Å². The number of nitrogens with one attached hydrogen (secondary N) is 1. The van der Waals surface area contributed by atoms with Crippen molar-refractivity contribution in [3.8, 4) is 17.2 Å². The van der Waals surface area contributed by atoms with Crippen molar-refractivity contribution in [2.75, 3.05) is 26.6 Å². The predicted octanol–water partition coefficient (Wildman–Crippen LogP) is 2.89. The van der Waals surface area contributed by atoms with Gasteiger partial charge in [-0.15, -0.1) is 0 Å². The molecular weight excluding hydrogens is 282 g/mol. The summed E-state index contributed by atoms with van der Waals surface area (Å²) < 4.78 is 15.6. The number of carbonyl (C=O) groups excluding carboxylic acids is 1. The van der Waals surface area contributed by atoms with E-state index in [1.165, 1.54) is 0 Å². The van der Waals surface area contributed by atoms with Gasteiger partial charge < -0.3 is 19.5 Å². The van der Waals surface area contributed by atoms with Gasteiger partial charge in [0.25, 0.3) is 0 Å². The van der Waals surface area contributed by atoms with Gasteiger partial charge in [0.05, 0.1) is 33.4 Å². The molecule has 5 heteroatoms. The third-order valence-corrected chi connectivity index (χ3v) is 3.18. The van der Waals surface area contributed by atoms with Crippen LogP contribution in [0, 0.1) is 0 Å². The van der Waals surface area contributed by atoms with Crippen LogP contribution in [-0.2, 0) is 11.2 Å². The number of amides is 1. The fraction of sp³-hybridized carbons (Fsp3) is 0.235. The normalized spacial score (nSPS) is 9.95. The summed E-state index contributed by atoms with van der Waals surface area (Å²) in [6, 6.07) is 12.7. The second kappa shape index (κ2) is 7.36. The molecule has 22 heavy (non-hydrogen) atoms. The largest absolute Gasteiger partial charge is 0.497 e. The van der Waals surface area contributed by atoms with Crippen LogP contribution in [0.5, 0.6) is 17.2 Å². The quantitative estimate of drug-likeness (QED) is 0.891. The van der Waals surface area contributed by atoms with E-state index in [0.29, 0.717) is 17.2 Å². The van der Waals surface area contributed by atoms with Crippen molar-refractivity contribution in [2.45, 2.75) is 6.42 Å². The standard InChI is InChI=1S/C17H19NO4/c1-20-13-6-4-5-12(9-13)10-17(19)18-15-11-14(21-2)7-8-16(15)22-3/h4-9,11H,10H2,1-3H3,(H,18,19). The minimum atomic E-state index is -0.139. The molecule has 1 N–H and O–H groups in total. The number of anilines is 1. The van der Waals surface area contributed by atoms with E-state index in [9.17, 15) is 4.79 Å². The zero-order valence-electron chi connectivity index (χ0n) is 12.9. The van der Waals surface area contributed by atoms with Gasteiger partial charge in [0.15, 0.2) is 0 Å². The van der Waals surface area contributed by atoms with E-state index >= 15 is 0 Å². The summed E-state index contributed by atoms with van der Waals surface area (Å²) in [5.41, 5.74) is 1.45. The van der Waals surface area contributed by atoms with Gasteiger partial charge in [0.1, 0.15) is 17.2 Å². The molecule has 2 rings (SSSR count). The SMILES string of the molecule is COc1cccc(CC(=O)Nc2cc(OC)ccc2OC)c1. The lowest BCUT2D eigenvalue weighted by Crippen LogP contribution is -2.15. The van der Waals surface area contributed by atoms with Gasteiger partial charge in [-0.1, -0.05) is 12.1 Å². The van der Waals surface area contributed by atoms with Gasteiger partial charge in [0.2, 0.25) is 5.91 Å². The lowest BCUT2D eigenvalue weighted by molar-refractivity contribution is -0.115. The Morgan fingerprint density at radius 1 is 0.955 bits per heavy atom. The van der Waals surface area contributed by atoms with Crippen molar-refractivity contribution in [3.63, 3.8) is 0 Å². The first kappa shape index (κ1) is 15.7. The minimum absolute atomic E-state index is 0.139. The summed E-state index contributed by atoms with van der Waals surface area (Å²) in [6.07, 6.45) is 0.248. The van der Waals surface area contributed by atoms with Crippen molar-refractivity contribution in [1.29, 1.82) is 0 Å². The molecule has 1 amide bonds. The second-order valence-electron chi connectivity index (χ2n) is 4.64. The highest BCUT2D eigenvalue weighted by Crippen LogP contribution is 2.29. The van der Waals surface area contributed by atoms with Gasteiger partial charge in [-0.05, 0) is 29.8 Å². The van der Waals surface area contributed by atoms with Gasteiger partial charge in [-0.3, -0.25) is 4.79 Å². The molecule has 0 heterocycles. The maximum atomic E-state index is 12.2. The number of hydrogen-bond acceptors (Lipinski definition) is 4. The molecule has 0 saturated heterocycles. The van der Waals surface area contributed by atoms with Gasteiger partial charge in [-0.25, -0.2) is 0 Å². The van der Waals surface area contributed by atoms with Gasteiger partial charge in [0, 0.05) is 6.07 Å². The third-order valence-electron chi connectivity index (χ3n) is 3.18. The first-order chi connectivity index (χ1) is 10.7. The summed E-state index contributed by atoms with van der Waals surface area (Å²) in [7, 11) is 4.73. The number of benzene rings is 2. The van der Waals surface area contributed by atoms with Gasteiger partial charge >= 0.3 is 0 Å². The molecule has 0 saturated carbocycles. The molecule has 0 aliphatic heterocycles. The number of rotatable bonds is 6. The number of carbonyl (C=O) groups is 1. The fourth-order valence-electron chi connectivity index (χ4n) is 2.07. The zero-order chi connectivity index (χ0) is 15.9. The molecule has 0 aromatic heterocycles. The Balaban J connectivity index is 2.11. The van der Waals surface area contributed by atoms with Crippen molar-refractivity contribution < 1.29 is 19.0 Å². The van der Waals surface area contributed by atoms with E-state index in [-0.39, 0.29) is 12.3 Å². The summed E-state index contributed by atoms with van der Waals surface area (Å²) in [5, 5.41) is 2.84. The Morgan fingerprint density at radius 3 is 2.36 bits per heavy atom. The Labute approximate surface area is 129 Å². The number of ether oxygens (including phenoxy) is 3. The second-order valence-corrected chi connectivity index (χ2v) is 4.64. The van der Waals surface area contributed by atoms with E-state index < -0.39 is 0 Å². The summed E-state index contributed by atoms with van der Waals surface area (Å²) in [4.78, 5) is 12.2. The van der Waals surface area contributed by atoms with Crippen molar-refractivity contribution in [3.05, 3.63) is 48.0 Å². The van der Waals surface area contributed by atoms with E-state index in [0.717, 1.165) is 11.3 Å². The summed E-state index contributed by atoms with van der Waals surface area (Å²) >= 11 is 0. The van der Waals surface area contributed by atoms with Crippen LogP contribution in [0.1, 0.15) is 5.56 Å². The van der Waals surface area contributed by atoms with Crippen LogP contribution in [0.15, 0.2) is 42.5 Å². The maximum Gasteiger partial charge on any atom is 0.228 e. The number of methoxy groups -OCH3 is 3. The first-order valence-corrected chi connectivity index (χ1v) is 6.81. The highest BCUT2D eigenvalue weighted by molar-refractivity contribution is 5.94. The monoisotopic (exact) mass is 301 g/mol. The van der Waals surface area contributed by atoms with Crippen molar-refractivity contribution >= 4 is 11.6 Å². The van der Waals surface area contributed by atoms with Crippen molar-refractivity contribution in [1.82, 2.24) is 0 Å². The van der Waals surface area contributed by atoms with Crippen LogP contribution < -0.4 is 19.5 Å². The Hall–Kier alpha value is -2.69. The van der Waals surface area contributed by atoms with E-state index in [1.807, 2.05) is 24.3 Å². The molecule has 0 fully saturated rings. The lowest BCUT2D eigenvalue weighted by Gasteiger charge is -2.12. The molecular formula is C17H19NO4. The number of hydrogen-bond donors (Lipinski definition) is 1. The molecule has 0 aliphatic rings. The molecule has 0 atom stereocenters. The van der Waals surface area contributed by atoms with Crippen molar-refractivity contribution in [2.24, 2.45) is 0 Å². The molecule has 5 nitrogen and oxygen atoms in total. The van der Waals surface area contributed by atoms with Crippen LogP contribution in [0.3, 0.4) is 0 Å². The zero-order valence-corrected chi connectivity index (χ0v) is 12.9. The lowest BCUT2D eigenvalue weighted by atomic mass is 10.1. The molecule has 2 aromatic rings. The van der Waals surface area contributed by atoms with Crippen LogP contribution in [0.4, 0.5) is 5.69 Å². The smallest absolute Gasteiger partial charge is 0.228 e. The first-order valence-electron chi connectivity index (χ1n) is 6.81. The van der Waals surface area contributed by atoms with Crippen LogP contribution in [-0.4, -0.2) is 27.2 Å². The van der Waals surface area contributed by atoms with E-state index in [2.05, 4.69) is 5.32 Å². The fourth-order valence-corrected chi connectivity index (χ4v) is 2.07. The third kappa shape index (κ3) is 3.91. The molecule has 0 radical (unpaired) electrons. The molecule has 0 spiro atoms.